The maximum atomic E-state index is 11.9. The number of rotatable bonds is 6. The van der Waals surface area contributed by atoms with Gasteiger partial charge in [-0.3, -0.25) is 4.79 Å². The summed E-state index contributed by atoms with van der Waals surface area (Å²) in [5, 5.41) is 2.45. The lowest BCUT2D eigenvalue weighted by Gasteiger charge is -2.06. The predicted octanol–water partition coefficient (Wildman–Crippen LogP) is -0.195. The molecule has 0 unspecified atom stereocenters. The summed E-state index contributed by atoms with van der Waals surface area (Å²) >= 11 is 0. The highest BCUT2D eigenvalue weighted by molar-refractivity contribution is 7.92. The molecule has 6 nitrogen and oxygen atoms in total. The van der Waals surface area contributed by atoms with Gasteiger partial charge in [0.15, 0.2) is 9.84 Å². The molecule has 0 radical (unpaired) electrons. The number of anilines is 1. The van der Waals surface area contributed by atoms with Crippen molar-refractivity contribution in [3.05, 3.63) is 24.3 Å². The monoisotopic (exact) mass is 272 g/mol. The van der Waals surface area contributed by atoms with Gasteiger partial charge in [0.05, 0.1) is 11.5 Å². The molecule has 0 aliphatic carbocycles. The Morgan fingerprint density at radius 2 is 2.17 bits per heavy atom. The van der Waals surface area contributed by atoms with Gasteiger partial charge in [-0.05, 0) is 18.2 Å². The third kappa shape index (κ3) is 4.34. The zero-order valence-electron chi connectivity index (χ0n) is 10.0. The van der Waals surface area contributed by atoms with Crippen molar-refractivity contribution in [2.24, 2.45) is 0 Å². The fourth-order valence-electron chi connectivity index (χ4n) is 1.31. The SMILES string of the molecule is COCCNC(=O)CS(=O)(=O)c1cccc(N)c1. The van der Waals surface area contributed by atoms with Crippen molar-refractivity contribution in [1.82, 2.24) is 5.32 Å². The molecule has 0 spiro atoms. The van der Waals surface area contributed by atoms with E-state index in [2.05, 4.69) is 5.32 Å². The highest BCUT2D eigenvalue weighted by Gasteiger charge is 2.19. The van der Waals surface area contributed by atoms with Crippen LogP contribution in [0.15, 0.2) is 29.2 Å². The first-order chi connectivity index (χ1) is 8.45. The van der Waals surface area contributed by atoms with Crippen LogP contribution >= 0.6 is 0 Å². The maximum absolute atomic E-state index is 11.9. The van der Waals surface area contributed by atoms with Crippen molar-refractivity contribution >= 4 is 21.4 Å². The summed E-state index contributed by atoms with van der Waals surface area (Å²) in [5.74, 6) is -1.16. The zero-order valence-corrected chi connectivity index (χ0v) is 10.9. The Hall–Kier alpha value is -1.60. The highest BCUT2D eigenvalue weighted by Crippen LogP contribution is 2.14. The van der Waals surface area contributed by atoms with Crippen LogP contribution < -0.4 is 11.1 Å². The molecule has 0 atom stereocenters. The molecule has 1 amide bonds. The lowest BCUT2D eigenvalue weighted by molar-refractivity contribution is -0.118. The van der Waals surface area contributed by atoms with Crippen molar-refractivity contribution in [1.29, 1.82) is 0 Å². The van der Waals surface area contributed by atoms with Crippen LogP contribution in [0.25, 0.3) is 0 Å². The summed E-state index contributed by atoms with van der Waals surface area (Å²) in [7, 11) is -2.16. The van der Waals surface area contributed by atoms with Gasteiger partial charge >= 0.3 is 0 Å². The first-order valence-corrected chi connectivity index (χ1v) is 6.95. The Labute approximate surface area is 106 Å². The molecule has 0 aliphatic rings. The second kappa shape index (κ2) is 6.36. The van der Waals surface area contributed by atoms with Crippen LogP contribution in [0, 0.1) is 0 Å². The minimum absolute atomic E-state index is 0.0457. The summed E-state index contributed by atoms with van der Waals surface area (Å²) in [6.45, 7) is 0.617. The van der Waals surface area contributed by atoms with E-state index in [9.17, 15) is 13.2 Å². The van der Waals surface area contributed by atoms with Crippen LogP contribution in [-0.2, 0) is 19.4 Å². The summed E-state index contributed by atoms with van der Waals surface area (Å²) < 4.78 is 28.5. The Morgan fingerprint density at radius 3 is 2.78 bits per heavy atom. The van der Waals surface area contributed by atoms with E-state index in [-0.39, 0.29) is 11.4 Å². The number of carbonyl (C=O) groups is 1. The molecule has 100 valence electrons. The number of carbonyl (C=O) groups excluding carboxylic acids is 1. The lowest BCUT2D eigenvalue weighted by Crippen LogP contribution is -2.32. The third-order valence-corrected chi connectivity index (χ3v) is 3.78. The molecule has 1 rings (SSSR count). The van der Waals surface area contributed by atoms with Crippen molar-refractivity contribution in [2.45, 2.75) is 4.90 Å². The lowest BCUT2D eigenvalue weighted by atomic mass is 10.3. The molecule has 18 heavy (non-hydrogen) atoms. The molecule has 0 bridgehead atoms. The van der Waals surface area contributed by atoms with Crippen LogP contribution in [0.1, 0.15) is 0 Å². The van der Waals surface area contributed by atoms with E-state index in [0.29, 0.717) is 12.3 Å². The van der Waals surface area contributed by atoms with Crippen LogP contribution in [0.4, 0.5) is 5.69 Å². The van der Waals surface area contributed by atoms with Crippen molar-refractivity contribution < 1.29 is 17.9 Å². The van der Waals surface area contributed by atoms with Crippen molar-refractivity contribution in [3.8, 4) is 0 Å². The number of nitrogen functional groups attached to an aromatic ring is 1. The normalized spacial score (nSPS) is 11.2. The smallest absolute Gasteiger partial charge is 0.235 e. The number of sulfone groups is 1. The number of nitrogens with one attached hydrogen (secondary N) is 1. The van der Waals surface area contributed by atoms with E-state index in [1.165, 1.54) is 25.3 Å². The van der Waals surface area contributed by atoms with Gasteiger partial charge < -0.3 is 15.8 Å². The van der Waals surface area contributed by atoms with Gasteiger partial charge in [-0.25, -0.2) is 8.42 Å². The molecule has 1 aromatic carbocycles. The molecule has 0 saturated heterocycles. The predicted molar refractivity (Wildman–Crippen MR) is 67.8 cm³/mol. The highest BCUT2D eigenvalue weighted by atomic mass is 32.2. The summed E-state index contributed by atoms with van der Waals surface area (Å²) in [5.41, 5.74) is 5.85. The van der Waals surface area contributed by atoms with Crippen LogP contribution in [0.3, 0.4) is 0 Å². The molecule has 0 aromatic heterocycles. The number of methoxy groups -OCH3 is 1. The molecule has 1 aromatic rings. The zero-order chi connectivity index (χ0) is 13.6. The third-order valence-electron chi connectivity index (χ3n) is 2.17. The Kier molecular flexibility index (Phi) is 5.11. The molecule has 0 fully saturated rings. The average Bonchev–Trinajstić information content (AvgIpc) is 2.28. The Morgan fingerprint density at radius 1 is 1.44 bits per heavy atom. The second-order valence-corrected chi connectivity index (χ2v) is 5.66. The number of nitrogens with two attached hydrogens (primary N) is 1. The first-order valence-electron chi connectivity index (χ1n) is 5.29. The van der Waals surface area contributed by atoms with Gasteiger partial charge in [0.2, 0.25) is 5.91 Å². The topological polar surface area (TPSA) is 98.5 Å². The second-order valence-electron chi connectivity index (χ2n) is 3.67. The van der Waals surface area contributed by atoms with E-state index in [4.69, 9.17) is 10.5 Å². The Balaban J connectivity index is 2.68. The molecular weight excluding hydrogens is 256 g/mol. The van der Waals surface area contributed by atoms with Gasteiger partial charge in [-0.1, -0.05) is 6.07 Å². The maximum Gasteiger partial charge on any atom is 0.235 e. The van der Waals surface area contributed by atoms with Crippen molar-refractivity contribution in [2.75, 3.05) is 31.7 Å². The quantitative estimate of drug-likeness (QED) is 0.552. The standard InChI is InChI=1S/C11H16N2O4S/c1-17-6-5-13-11(14)8-18(15,16)10-4-2-3-9(12)7-10/h2-4,7H,5-6,8,12H2,1H3,(H,13,14). The molecular formula is C11H16N2O4S. The Bertz CT molecular complexity index is 514. The summed E-state index contributed by atoms with van der Waals surface area (Å²) in [6, 6.07) is 5.86. The fourth-order valence-corrected chi connectivity index (χ4v) is 2.52. The molecule has 0 aliphatic heterocycles. The molecule has 3 N–H and O–H groups in total. The number of benzene rings is 1. The van der Waals surface area contributed by atoms with Crippen LogP contribution in [-0.4, -0.2) is 40.3 Å². The number of ether oxygens (including phenoxy) is 1. The average molecular weight is 272 g/mol. The number of amides is 1. The summed E-state index contributed by atoms with van der Waals surface area (Å²) in [6.07, 6.45) is 0. The number of hydrogen-bond donors (Lipinski definition) is 2. The summed E-state index contributed by atoms with van der Waals surface area (Å²) in [4.78, 5) is 11.5. The van der Waals surface area contributed by atoms with E-state index in [1.807, 2.05) is 0 Å². The first kappa shape index (κ1) is 14.5. The van der Waals surface area contributed by atoms with Gasteiger partial charge in [0.1, 0.15) is 5.75 Å². The minimum atomic E-state index is -3.65. The van der Waals surface area contributed by atoms with E-state index >= 15 is 0 Å². The van der Waals surface area contributed by atoms with E-state index < -0.39 is 21.5 Å². The molecule has 7 heteroatoms. The van der Waals surface area contributed by atoms with Gasteiger partial charge in [-0.15, -0.1) is 0 Å². The fraction of sp³-hybridized carbons (Fsp3) is 0.364. The number of hydrogen-bond acceptors (Lipinski definition) is 5. The molecule has 0 saturated carbocycles. The van der Waals surface area contributed by atoms with Gasteiger partial charge in [0.25, 0.3) is 0 Å². The van der Waals surface area contributed by atoms with Gasteiger partial charge in [-0.2, -0.15) is 0 Å². The van der Waals surface area contributed by atoms with Crippen molar-refractivity contribution in [3.63, 3.8) is 0 Å². The largest absolute Gasteiger partial charge is 0.399 e. The minimum Gasteiger partial charge on any atom is -0.399 e. The van der Waals surface area contributed by atoms with Gasteiger partial charge in [0, 0.05) is 19.3 Å². The van der Waals surface area contributed by atoms with Crippen LogP contribution in [0.5, 0.6) is 0 Å². The van der Waals surface area contributed by atoms with Crippen LogP contribution in [0.2, 0.25) is 0 Å². The van der Waals surface area contributed by atoms with E-state index in [0.717, 1.165) is 0 Å². The van der Waals surface area contributed by atoms with E-state index in [1.54, 1.807) is 6.07 Å². The molecule has 0 heterocycles.